The van der Waals surface area contributed by atoms with Crippen molar-refractivity contribution in [2.75, 3.05) is 32.1 Å². The number of nitrogens with zero attached hydrogens (tertiary/aromatic N) is 1. The molecule has 88 valence electrons. The summed E-state index contributed by atoms with van der Waals surface area (Å²) in [5.41, 5.74) is 0. The summed E-state index contributed by atoms with van der Waals surface area (Å²) in [4.78, 5) is 13.7. The summed E-state index contributed by atoms with van der Waals surface area (Å²) >= 11 is 1.98. The zero-order valence-electron chi connectivity index (χ0n) is 9.70. The molecular weight excluding hydrogens is 210 g/mol. The molecule has 0 radical (unpaired) electrons. The third-order valence-corrected chi connectivity index (χ3v) is 3.89. The van der Waals surface area contributed by atoms with Gasteiger partial charge >= 0.3 is 0 Å². The highest BCUT2D eigenvalue weighted by Gasteiger charge is 2.22. The van der Waals surface area contributed by atoms with Crippen molar-refractivity contribution in [3.63, 3.8) is 0 Å². The van der Waals surface area contributed by atoms with E-state index in [-0.39, 0.29) is 12.5 Å². The lowest BCUT2D eigenvalue weighted by Gasteiger charge is -2.31. The largest absolute Gasteiger partial charge is 0.372 e. The Kier molecular flexibility index (Phi) is 6.10. The van der Waals surface area contributed by atoms with E-state index in [1.807, 2.05) is 16.7 Å². The van der Waals surface area contributed by atoms with Gasteiger partial charge in [-0.05, 0) is 12.8 Å². The van der Waals surface area contributed by atoms with Crippen LogP contribution in [0.2, 0.25) is 0 Å². The third-order valence-electron chi connectivity index (χ3n) is 2.52. The van der Waals surface area contributed by atoms with E-state index < -0.39 is 0 Å². The molecule has 0 aliphatic carbocycles. The number of thioether (sulfide) groups is 1. The maximum absolute atomic E-state index is 11.7. The van der Waals surface area contributed by atoms with Crippen LogP contribution in [0.1, 0.15) is 26.7 Å². The first-order valence-corrected chi connectivity index (χ1v) is 6.79. The minimum absolute atomic E-state index is 0.155. The Morgan fingerprint density at radius 1 is 1.53 bits per heavy atom. The van der Waals surface area contributed by atoms with E-state index >= 15 is 0 Å². The molecule has 1 fully saturated rings. The fourth-order valence-electron chi connectivity index (χ4n) is 1.59. The van der Waals surface area contributed by atoms with E-state index in [2.05, 4.69) is 13.8 Å². The van der Waals surface area contributed by atoms with Gasteiger partial charge < -0.3 is 9.64 Å². The van der Waals surface area contributed by atoms with Gasteiger partial charge in [-0.1, -0.05) is 13.8 Å². The molecular formula is C11H21NO2S. The summed E-state index contributed by atoms with van der Waals surface area (Å²) in [6, 6.07) is 0. The van der Waals surface area contributed by atoms with Crippen LogP contribution >= 0.6 is 11.8 Å². The molecule has 1 amide bonds. The Hall–Kier alpha value is -0.220. The number of carbonyl (C=O) groups excluding carboxylic acids is 1. The normalized spacial score (nSPS) is 21.7. The average molecular weight is 231 g/mol. The number of hydrogen-bond acceptors (Lipinski definition) is 3. The second kappa shape index (κ2) is 7.12. The maximum atomic E-state index is 11.7. The molecule has 15 heavy (non-hydrogen) atoms. The second-order valence-electron chi connectivity index (χ2n) is 3.79. The Bertz CT molecular complexity index is 199. The van der Waals surface area contributed by atoms with Crippen LogP contribution in [0.15, 0.2) is 0 Å². The molecule has 1 heterocycles. The van der Waals surface area contributed by atoms with Gasteiger partial charge in [-0.25, -0.2) is 0 Å². The van der Waals surface area contributed by atoms with Crippen molar-refractivity contribution in [2.45, 2.75) is 31.9 Å². The molecule has 0 bridgehead atoms. The van der Waals surface area contributed by atoms with E-state index in [0.29, 0.717) is 11.9 Å². The van der Waals surface area contributed by atoms with Gasteiger partial charge in [0, 0.05) is 30.7 Å². The molecule has 0 N–H and O–H groups in total. The number of amides is 1. The minimum Gasteiger partial charge on any atom is -0.372 e. The summed E-state index contributed by atoms with van der Waals surface area (Å²) in [6.07, 6.45) is 2.12. The predicted molar refractivity (Wildman–Crippen MR) is 64.2 cm³/mol. The highest BCUT2D eigenvalue weighted by molar-refractivity contribution is 8.00. The van der Waals surface area contributed by atoms with Crippen molar-refractivity contribution in [3.05, 3.63) is 0 Å². The first kappa shape index (κ1) is 12.8. The molecule has 0 aromatic carbocycles. The highest BCUT2D eigenvalue weighted by Crippen LogP contribution is 2.20. The average Bonchev–Trinajstić information content (AvgIpc) is 2.29. The molecule has 0 saturated carbocycles. The van der Waals surface area contributed by atoms with Crippen molar-refractivity contribution >= 4 is 17.7 Å². The fourth-order valence-corrected chi connectivity index (χ4v) is 2.77. The van der Waals surface area contributed by atoms with Gasteiger partial charge in [0.15, 0.2) is 0 Å². The third kappa shape index (κ3) is 4.43. The summed E-state index contributed by atoms with van der Waals surface area (Å²) < 4.78 is 5.27. The van der Waals surface area contributed by atoms with Gasteiger partial charge in [-0.2, -0.15) is 11.8 Å². The predicted octanol–water partition coefficient (Wildman–Crippen LogP) is 1.77. The smallest absolute Gasteiger partial charge is 0.248 e. The monoisotopic (exact) mass is 231 g/mol. The molecule has 4 heteroatoms. The lowest BCUT2D eigenvalue weighted by molar-refractivity contribution is -0.136. The van der Waals surface area contributed by atoms with Crippen LogP contribution in [0.5, 0.6) is 0 Å². The Morgan fingerprint density at radius 3 is 3.00 bits per heavy atom. The van der Waals surface area contributed by atoms with Crippen LogP contribution in [0.3, 0.4) is 0 Å². The van der Waals surface area contributed by atoms with E-state index in [1.165, 1.54) is 0 Å². The molecule has 0 aromatic rings. The number of ether oxygens (including phenoxy) is 1. The zero-order valence-corrected chi connectivity index (χ0v) is 10.5. The summed E-state index contributed by atoms with van der Waals surface area (Å²) in [5.74, 6) is 1.22. The molecule has 0 aromatic heterocycles. The Morgan fingerprint density at radius 2 is 2.33 bits per heavy atom. The van der Waals surface area contributed by atoms with Crippen molar-refractivity contribution in [3.8, 4) is 0 Å². The van der Waals surface area contributed by atoms with E-state index in [1.54, 1.807) is 0 Å². The maximum Gasteiger partial charge on any atom is 0.248 e. The summed E-state index contributed by atoms with van der Waals surface area (Å²) in [6.45, 7) is 6.96. The van der Waals surface area contributed by atoms with Gasteiger partial charge in [0.2, 0.25) is 5.91 Å². The SMILES string of the molecule is CCCOCC(=O)N1CCSC(CC)C1. The fraction of sp³-hybridized carbons (Fsp3) is 0.909. The van der Waals surface area contributed by atoms with Crippen molar-refractivity contribution in [2.24, 2.45) is 0 Å². The molecule has 1 rings (SSSR count). The molecule has 1 saturated heterocycles. The summed E-state index contributed by atoms with van der Waals surface area (Å²) in [5, 5.41) is 0.619. The quantitative estimate of drug-likeness (QED) is 0.675. The van der Waals surface area contributed by atoms with E-state index in [0.717, 1.165) is 31.7 Å². The topological polar surface area (TPSA) is 29.5 Å². The van der Waals surface area contributed by atoms with Crippen LogP contribution in [0.25, 0.3) is 0 Å². The van der Waals surface area contributed by atoms with Crippen molar-refractivity contribution in [1.82, 2.24) is 4.90 Å². The van der Waals surface area contributed by atoms with Crippen LogP contribution in [0.4, 0.5) is 0 Å². The molecule has 0 spiro atoms. The second-order valence-corrected chi connectivity index (χ2v) is 5.20. The molecule has 1 aliphatic rings. The molecule has 1 unspecified atom stereocenters. The zero-order chi connectivity index (χ0) is 11.1. The Balaban J connectivity index is 2.25. The van der Waals surface area contributed by atoms with Crippen LogP contribution in [-0.4, -0.2) is 48.1 Å². The lowest BCUT2D eigenvalue weighted by Crippen LogP contribution is -2.43. The van der Waals surface area contributed by atoms with E-state index in [9.17, 15) is 4.79 Å². The van der Waals surface area contributed by atoms with Gasteiger partial charge in [0.05, 0.1) is 0 Å². The Labute approximate surface area is 96.5 Å². The minimum atomic E-state index is 0.155. The number of carbonyl (C=O) groups is 1. The van der Waals surface area contributed by atoms with Crippen molar-refractivity contribution in [1.29, 1.82) is 0 Å². The van der Waals surface area contributed by atoms with E-state index in [4.69, 9.17) is 4.74 Å². The first-order chi connectivity index (χ1) is 7.27. The summed E-state index contributed by atoms with van der Waals surface area (Å²) in [7, 11) is 0. The van der Waals surface area contributed by atoms with Crippen LogP contribution < -0.4 is 0 Å². The van der Waals surface area contributed by atoms with Crippen LogP contribution in [-0.2, 0) is 9.53 Å². The van der Waals surface area contributed by atoms with Gasteiger partial charge in [-0.3, -0.25) is 4.79 Å². The number of rotatable bonds is 5. The highest BCUT2D eigenvalue weighted by atomic mass is 32.2. The van der Waals surface area contributed by atoms with Crippen molar-refractivity contribution < 1.29 is 9.53 Å². The van der Waals surface area contributed by atoms with Gasteiger partial charge in [0.1, 0.15) is 6.61 Å². The first-order valence-electron chi connectivity index (χ1n) is 5.75. The molecule has 1 atom stereocenters. The molecule has 1 aliphatic heterocycles. The van der Waals surface area contributed by atoms with Gasteiger partial charge in [-0.15, -0.1) is 0 Å². The molecule has 3 nitrogen and oxygen atoms in total. The van der Waals surface area contributed by atoms with Crippen LogP contribution in [0, 0.1) is 0 Å². The van der Waals surface area contributed by atoms with Gasteiger partial charge in [0.25, 0.3) is 0 Å². The number of hydrogen-bond donors (Lipinski definition) is 0. The standard InChI is InChI=1S/C11H21NO2S/c1-3-6-14-9-11(13)12-5-7-15-10(4-2)8-12/h10H,3-9H2,1-2H3. The lowest BCUT2D eigenvalue weighted by atomic mass is 10.3.